The van der Waals surface area contributed by atoms with E-state index in [2.05, 4.69) is 25.8 Å². The molecule has 2 N–H and O–H groups in total. The smallest absolute Gasteiger partial charge is 0.160 e. The minimum Gasteiger partial charge on any atom is -0.504 e. The molecule has 1 aliphatic carbocycles. The molecule has 0 radical (unpaired) electrons. The lowest BCUT2D eigenvalue weighted by Gasteiger charge is -2.37. The van der Waals surface area contributed by atoms with Crippen molar-refractivity contribution in [3.63, 3.8) is 0 Å². The third kappa shape index (κ3) is 2.32. The van der Waals surface area contributed by atoms with Gasteiger partial charge in [-0.3, -0.25) is 0 Å². The Morgan fingerprint density at radius 1 is 1.28 bits per heavy atom. The number of fused-ring (bicyclic) bond motifs is 1. The van der Waals surface area contributed by atoms with Gasteiger partial charge in [-0.05, 0) is 50.4 Å². The molecule has 1 aromatic carbocycles. The molecule has 0 saturated carbocycles. The Kier molecular flexibility index (Phi) is 3.81. The number of nitrogens with zero attached hydrogens (tertiary/aromatic N) is 1. The van der Waals surface area contributed by atoms with Gasteiger partial charge in [0.05, 0.1) is 0 Å². The van der Waals surface area contributed by atoms with Gasteiger partial charge in [0, 0.05) is 11.6 Å². The van der Waals surface area contributed by atoms with Crippen molar-refractivity contribution < 1.29 is 10.2 Å². The Morgan fingerprint density at radius 2 is 2.00 bits per heavy atom. The second kappa shape index (κ2) is 5.19. The number of phenolic OH excluding ortho intramolecular Hbond substituents is 2. The van der Waals surface area contributed by atoms with Gasteiger partial charge >= 0.3 is 0 Å². The Hall–Kier alpha value is -1.22. The Labute approximate surface area is 109 Å². The van der Waals surface area contributed by atoms with Gasteiger partial charge in [0.1, 0.15) is 0 Å². The first kappa shape index (κ1) is 13.2. The first-order valence-corrected chi connectivity index (χ1v) is 6.77. The van der Waals surface area contributed by atoms with Gasteiger partial charge in [-0.15, -0.1) is 0 Å². The van der Waals surface area contributed by atoms with E-state index in [0.29, 0.717) is 12.0 Å². The van der Waals surface area contributed by atoms with Gasteiger partial charge in [-0.1, -0.05) is 19.9 Å². The lowest BCUT2D eigenvalue weighted by Crippen LogP contribution is -2.42. The van der Waals surface area contributed by atoms with E-state index in [1.807, 2.05) is 6.07 Å². The molecule has 2 atom stereocenters. The van der Waals surface area contributed by atoms with Gasteiger partial charge in [0.25, 0.3) is 0 Å². The average Bonchev–Trinajstić information content (AvgIpc) is 2.34. The molecule has 0 saturated heterocycles. The highest BCUT2D eigenvalue weighted by molar-refractivity contribution is 5.50. The van der Waals surface area contributed by atoms with Crippen molar-refractivity contribution in [2.24, 2.45) is 5.92 Å². The number of hydrogen-bond donors (Lipinski definition) is 2. The molecule has 18 heavy (non-hydrogen) atoms. The summed E-state index contributed by atoms with van der Waals surface area (Å²) in [6, 6.07) is 4.07. The maximum Gasteiger partial charge on any atom is 0.160 e. The first-order chi connectivity index (χ1) is 8.54. The molecule has 0 spiro atoms. The van der Waals surface area contributed by atoms with E-state index in [0.717, 1.165) is 31.4 Å². The molecule has 2 rings (SSSR count). The van der Waals surface area contributed by atoms with Crippen LogP contribution in [0.4, 0.5) is 0 Å². The van der Waals surface area contributed by atoms with E-state index in [4.69, 9.17) is 0 Å². The zero-order chi connectivity index (χ0) is 13.3. The van der Waals surface area contributed by atoms with E-state index in [1.165, 1.54) is 5.56 Å². The summed E-state index contributed by atoms with van der Waals surface area (Å²) in [5, 5.41) is 19.5. The summed E-state index contributed by atoms with van der Waals surface area (Å²) in [5.41, 5.74) is 2.11. The Bertz CT molecular complexity index is 431. The number of phenols is 2. The van der Waals surface area contributed by atoms with E-state index < -0.39 is 0 Å². The minimum absolute atomic E-state index is 0.00122. The lowest BCUT2D eigenvalue weighted by atomic mass is 9.80. The van der Waals surface area contributed by atoms with Crippen LogP contribution in [0, 0.1) is 5.92 Å². The van der Waals surface area contributed by atoms with Crippen LogP contribution in [-0.2, 0) is 12.8 Å². The Morgan fingerprint density at radius 3 is 2.67 bits per heavy atom. The zero-order valence-corrected chi connectivity index (χ0v) is 11.5. The standard InChI is InChI=1S/C15H23NO2/c1-4-7-16(3)13-9-11-5-6-14(17)15(18)12(11)8-10(13)2/h5-6,10,13,17-18H,4,7-9H2,1-3H3. The van der Waals surface area contributed by atoms with E-state index >= 15 is 0 Å². The van der Waals surface area contributed by atoms with Gasteiger partial charge in [-0.2, -0.15) is 0 Å². The van der Waals surface area contributed by atoms with Crippen LogP contribution in [-0.4, -0.2) is 34.7 Å². The predicted octanol–water partition coefficient (Wildman–Crippen LogP) is 2.54. The molecule has 0 aliphatic heterocycles. The van der Waals surface area contributed by atoms with E-state index in [1.54, 1.807) is 6.07 Å². The maximum absolute atomic E-state index is 9.93. The maximum atomic E-state index is 9.93. The summed E-state index contributed by atoms with van der Waals surface area (Å²) in [6.07, 6.45) is 2.96. The van der Waals surface area contributed by atoms with Crippen LogP contribution in [0.15, 0.2) is 12.1 Å². The summed E-state index contributed by atoms with van der Waals surface area (Å²) in [5.74, 6) is 0.582. The average molecular weight is 249 g/mol. The fourth-order valence-corrected chi connectivity index (χ4v) is 3.08. The number of rotatable bonds is 3. The summed E-state index contributed by atoms with van der Waals surface area (Å²) >= 11 is 0. The van der Waals surface area contributed by atoms with Crippen molar-refractivity contribution >= 4 is 0 Å². The molecule has 1 aliphatic rings. The van der Waals surface area contributed by atoms with E-state index in [9.17, 15) is 10.2 Å². The molecule has 1 aromatic rings. The molecule has 0 fully saturated rings. The van der Waals surface area contributed by atoms with Crippen LogP contribution in [0.3, 0.4) is 0 Å². The van der Waals surface area contributed by atoms with Gasteiger partial charge in [-0.25, -0.2) is 0 Å². The quantitative estimate of drug-likeness (QED) is 0.809. The number of aromatic hydroxyl groups is 2. The molecule has 0 heterocycles. The van der Waals surface area contributed by atoms with Crippen LogP contribution < -0.4 is 0 Å². The molecule has 100 valence electrons. The van der Waals surface area contributed by atoms with Crippen molar-refractivity contribution in [3.05, 3.63) is 23.3 Å². The molecule has 0 bridgehead atoms. The summed E-state index contributed by atoms with van der Waals surface area (Å²) < 4.78 is 0. The van der Waals surface area contributed by atoms with Crippen LogP contribution in [0.2, 0.25) is 0 Å². The molecule has 0 aromatic heterocycles. The fraction of sp³-hybridized carbons (Fsp3) is 0.600. The topological polar surface area (TPSA) is 43.7 Å². The van der Waals surface area contributed by atoms with Crippen molar-refractivity contribution in [2.45, 2.75) is 39.2 Å². The van der Waals surface area contributed by atoms with Gasteiger partial charge in [0.15, 0.2) is 11.5 Å². The van der Waals surface area contributed by atoms with Crippen molar-refractivity contribution in [3.8, 4) is 11.5 Å². The molecular weight excluding hydrogens is 226 g/mol. The molecular formula is C15H23NO2. The third-order valence-electron chi connectivity index (χ3n) is 4.11. The number of hydrogen-bond acceptors (Lipinski definition) is 3. The van der Waals surface area contributed by atoms with Crippen molar-refractivity contribution in [1.29, 1.82) is 0 Å². The minimum atomic E-state index is 0.00122. The Balaban J connectivity index is 2.26. The van der Waals surface area contributed by atoms with E-state index in [-0.39, 0.29) is 11.5 Å². The van der Waals surface area contributed by atoms with Gasteiger partial charge < -0.3 is 15.1 Å². The highest BCUT2D eigenvalue weighted by Crippen LogP contribution is 2.38. The third-order valence-corrected chi connectivity index (χ3v) is 4.11. The van der Waals surface area contributed by atoms with Crippen LogP contribution in [0.5, 0.6) is 11.5 Å². The second-order valence-electron chi connectivity index (χ2n) is 5.50. The molecule has 2 unspecified atom stereocenters. The zero-order valence-electron chi connectivity index (χ0n) is 11.5. The van der Waals surface area contributed by atoms with Crippen molar-refractivity contribution in [2.75, 3.05) is 13.6 Å². The highest BCUT2D eigenvalue weighted by Gasteiger charge is 2.30. The largest absolute Gasteiger partial charge is 0.504 e. The van der Waals surface area contributed by atoms with Crippen LogP contribution in [0.1, 0.15) is 31.4 Å². The highest BCUT2D eigenvalue weighted by atomic mass is 16.3. The van der Waals surface area contributed by atoms with Crippen LogP contribution >= 0.6 is 0 Å². The molecule has 3 heteroatoms. The monoisotopic (exact) mass is 249 g/mol. The predicted molar refractivity (Wildman–Crippen MR) is 73.1 cm³/mol. The molecule has 0 amide bonds. The number of benzene rings is 1. The number of likely N-dealkylation sites (N-methyl/N-ethyl adjacent to an activating group) is 1. The van der Waals surface area contributed by atoms with Gasteiger partial charge in [0.2, 0.25) is 0 Å². The lowest BCUT2D eigenvalue weighted by molar-refractivity contribution is 0.171. The second-order valence-corrected chi connectivity index (χ2v) is 5.50. The fourth-order valence-electron chi connectivity index (χ4n) is 3.08. The summed E-state index contributed by atoms with van der Waals surface area (Å²) in [7, 11) is 2.18. The normalized spacial score (nSPS) is 23.1. The summed E-state index contributed by atoms with van der Waals surface area (Å²) in [4.78, 5) is 2.41. The van der Waals surface area contributed by atoms with Crippen molar-refractivity contribution in [1.82, 2.24) is 4.90 Å². The first-order valence-electron chi connectivity index (χ1n) is 6.77. The SMILES string of the molecule is CCCN(C)C1Cc2ccc(O)c(O)c2CC1C. The molecule has 3 nitrogen and oxygen atoms in total. The van der Waals surface area contributed by atoms with Crippen LogP contribution in [0.25, 0.3) is 0 Å². The summed E-state index contributed by atoms with van der Waals surface area (Å²) in [6.45, 7) is 5.53.